The molecule has 1 aliphatic heterocycles. The fourth-order valence-corrected chi connectivity index (χ4v) is 5.17. The zero-order valence-electron chi connectivity index (χ0n) is 17.9. The number of nitrogens with zero attached hydrogens (tertiary/aromatic N) is 2. The van der Waals surface area contributed by atoms with Gasteiger partial charge in [-0.1, -0.05) is 6.42 Å². The number of likely N-dealkylation sites (tertiary alicyclic amines) is 1. The first-order valence-electron chi connectivity index (χ1n) is 11.2. The monoisotopic (exact) mass is 529 g/mol. The molecule has 4 rings (SSSR count). The molecule has 0 spiro atoms. The highest BCUT2D eigenvalue weighted by atomic mass is 127. The number of rotatable bonds is 7. The maximum atomic E-state index is 11.6. The highest BCUT2D eigenvalue weighted by Crippen LogP contribution is 2.44. The lowest BCUT2D eigenvalue weighted by molar-refractivity contribution is -0.122. The number of aliphatic imine (C=N–C) groups is 1. The highest BCUT2D eigenvalue weighted by molar-refractivity contribution is 14.0. The van der Waals surface area contributed by atoms with Crippen LogP contribution in [0, 0.1) is 11.8 Å². The Morgan fingerprint density at radius 3 is 2.67 bits per heavy atom. The minimum absolute atomic E-state index is 0. The highest BCUT2D eigenvalue weighted by Gasteiger charge is 2.40. The molecule has 1 aromatic rings. The summed E-state index contributed by atoms with van der Waals surface area (Å²) in [6, 6.07) is 4.91. The molecule has 0 aromatic carbocycles. The zero-order valence-corrected chi connectivity index (χ0v) is 20.3. The molecule has 3 atom stereocenters. The molecule has 30 heavy (non-hydrogen) atoms. The van der Waals surface area contributed by atoms with E-state index in [-0.39, 0.29) is 29.9 Å². The van der Waals surface area contributed by atoms with Crippen molar-refractivity contribution < 1.29 is 9.21 Å². The first-order chi connectivity index (χ1) is 14.2. The average molecular weight is 529 g/mol. The van der Waals surface area contributed by atoms with Crippen molar-refractivity contribution in [3.8, 4) is 0 Å². The van der Waals surface area contributed by atoms with Crippen LogP contribution in [0.4, 0.5) is 0 Å². The number of hydrogen-bond donors (Lipinski definition) is 3. The second kappa shape index (κ2) is 11.4. The lowest BCUT2D eigenvalue weighted by atomic mass is 9.95. The third-order valence-electron chi connectivity index (χ3n) is 6.84. The van der Waals surface area contributed by atoms with Crippen LogP contribution in [-0.4, -0.2) is 62.1 Å². The van der Waals surface area contributed by atoms with E-state index in [4.69, 9.17) is 9.41 Å². The number of amides is 1. The van der Waals surface area contributed by atoms with Gasteiger partial charge in [0.25, 0.3) is 0 Å². The summed E-state index contributed by atoms with van der Waals surface area (Å²) >= 11 is 0. The van der Waals surface area contributed by atoms with Crippen LogP contribution in [0.5, 0.6) is 0 Å². The Balaban J connectivity index is 0.00000256. The van der Waals surface area contributed by atoms with Crippen LogP contribution in [0.1, 0.15) is 44.3 Å². The molecule has 3 aliphatic rings. The lowest BCUT2D eigenvalue weighted by Gasteiger charge is -2.33. The van der Waals surface area contributed by atoms with Crippen molar-refractivity contribution in [2.24, 2.45) is 16.8 Å². The molecule has 2 aliphatic carbocycles. The van der Waals surface area contributed by atoms with Gasteiger partial charge in [0, 0.05) is 45.2 Å². The average Bonchev–Trinajstić information content (AvgIpc) is 3.48. The Bertz CT molecular complexity index is 688. The van der Waals surface area contributed by atoms with Crippen LogP contribution in [0.2, 0.25) is 0 Å². The molecule has 8 heteroatoms. The second-order valence-electron chi connectivity index (χ2n) is 8.85. The summed E-state index contributed by atoms with van der Waals surface area (Å²) in [7, 11) is 1.70. The van der Waals surface area contributed by atoms with E-state index >= 15 is 0 Å². The zero-order chi connectivity index (χ0) is 20.1. The quantitative estimate of drug-likeness (QED) is 0.287. The maximum absolute atomic E-state index is 11.6. The Labute approximate surface area is 196 Å². The normalized spacial score (nSPS) is 27.0. The molecule has 1 aromatic heterocycles. The van der Waals surface area contributed by atoms with Gasteiger partial charge < -0.3 is 20.4 Å². The molecule has 2 bridgehead atoms. The Morgan fingerprint density at radius 2 is 2.03 bits per heavy atom. The van der Waals surface area contributed by atoms with Gasteiger partial charge >= 0.3 is 0 Å². The summed E-state index contributed by atoms with van der Waals surface area (Å²) in [6.45, 7) is 3.10. The molecule has 3 unspecified atom stereocenters. The van der Waals surface area contributed by atoms with Crippen LogP contribution < -0.4 is 16.0 Å². The van der Waals surface area contributed by atoms with Gasteiger partial charge in [0.2, 0.25) is 5.91 Å². The van der Waals surface area contributed by atoms with E-state index in [1.807, 2.05) is 12.1 Å². The predicted molar refractivity (Wildman–Crippen MR) is 129 cm³/mol. The topological polar surface area (TPSA) is 81.9 Å². The third-order valence-corrected chi connectivity index (χ3v) is 6.84. The number of fused-ring (bicyclic) bond motifs is 2. The summed E-state index contributed by atoms with van der Waals surface area (Å²) in [5.41, 5.74) is 0. The van der Waals surface area contributed by atoms with E-state index < -0.39 is 0 Å². The molecule has 3 fully saturated rings. The minimum Gasteiger partial charge on any atom is -0.469 e. The number of hydrogen-bond acceptors (Lipinski definition) is 4. The van der Waals surface area contributed by atoms with Crippen molar-refractivity contribution in [1.82, 2.24) is 20.9 Å². The van der Waals surface area contributed by atoms with Gasteiger partial charge in [-0.3, -0.25) is 14.7 Å². The summed E-state index contributed by atoms with van der Waals surface area (Å²) < 4.78 is 5.44. The van der Waals surface area contributed by atoms with Crippen molar-refractivity contribution in [2.75, 3.05) is 33.2 Å². The SMILES string of the molecule is CNC(=O)CN1CCC(NC(=NCCc2ccco2)NC2CC3CCC2C3)CC1.I. The number of guanidine groups is 1. The molecule has 2 heterocycles. The van der Waals surface area contributed by atoms with Crippen LogP contribution in [0.15, 0.2) is 27.8 Å². The summed E-state index contributed by atoms with van der Waals surface area (Å²) in [4.78, 5) is 18.7. The number of furan rings is 1. The van der Waals surface area contributed by atoms with Crippen molar-refractivity contribution in [3.05, 3.63) is 24.2 Å². The fraction of sp³-hybridized carbons (Fsp3) is 0.727. The Hall–Kier alpha value is -1.29. The van der Waals surface area contributed by atoms with Gasteiger partial charge in [-0.25, -0.2) is 0 Å². The number of likely N-dealkylation sites (N-methyl/N-ethyl adjacent to an activating group) is 1. The molecule has 2 saturated carbocycles. The van der Waals surface area contributed by atoms with Gasteiger partial charge in [-0.2, -0.15) is 0 Å². The van der Waals surface area contributed by atoms with Gasteiger partial charge in [0.15, 0.2) is 5.96 Å². The van der Waals surface area contributed by atoms with Gasteiger partial charge in [0.1, 0.15) is 5.76 Å². The van der Waals surface area contributed by atoms with Crippen LogP contribution in [0.25, 0.3) is 0 Å². The first kappa shape index (κ1) is 23.4. The molecular weight excluding hydrogens is 493 g/mol. The second-order valence-corrected chi connectivity index (χ2v) is 8.85. The number of nitrogens with one attached hydrogen (secondary N) is 3. The van der Waals surface area contributed by atoms with Gasteiger partial charge in [-0.05, 0) is 56.1 Å². The van der Waals surface area contributed by atoms with E-state index in [1.165, 1.54) is 25.7 Å². The standard InChI is InChI=1S/C22H35N5O2.HI/c1-23-21(28)15-27-10-7-18(8-11-27)25-22(24-9-6-19-3-2-12-29-19)26-20-14-16-4-5-17(20)13-16;/h2-3,12,16-18,20H,4-11,13-15H2,1H3,(H,23,28)(H2,24,25,26);1H. The van der Waals surface area contributed by atoms with Crippen molar-refractivity contribution in [3.63, 3.8) is 0 Å². The van der Waals surface area contributed by atoms with Gasteiger partial charge in [-0.15, -0.1) is 24.0 Å². The molecule has 0 radical (unpaired) electrons. The van der Waals surface area contributed by atoms with Crippen LogP contribution >= 0.6 is 24.0 Å². The Kier molecular flexibility index (Phi) is 8.85. The van der Waals surface area contributed by atoms with Gasteiger partial charge in [0.05, 0.1) is 12.8 Å². The van der Waals surface area contributed by atoms with Crippen molar-refractivity contribution in [1.29, 1.82) is 0 Å². The smallest absolute Gasteiger partial charge is 0.233 e. The first-order valence-corrected chi connectivity index (χ1v) is 11.2. The fourth-order valence-electron chi connectivity index (χ4n) is 5.17. The third kappa shape index (κ3) is 6.35. The van der Waals surface area contributed by atoms with Crippen LogP contribution in [0.3, 0.4) is 0 Å². The molecule has 1 saturated heterocycles. The van der Waals surface area contributed by atoms with E-state index in [2.05, 4.69) is 20.9 Å². The lowest BCUT2D eigenvalue weighted by Crippen LogP contribution is -2.52. The predicted octanol–water partition coefficient (Wildman–Crippen LogP) is 2.37. The Morgan fingerprint density at radius 1 is 1.20 bits per heavy atom. The van der Waals surface area contributed by atoms with Crippen molar-refractivity contribution in [2.45, 2.75) is 57.0 Å². The molecule has 1 amide bonds. The molecule has 3 N–H and O–H groups in total. The summed E-state index contributed by atoms with van der Waals surface area (Å²) in [5, 5.41) is 10.2. The number of carbonyl (C=O) groups is 1. The van der Waals surface area contributed by atoms with E-state index in [1.54, 1.807) is 13.3 Å². The number of carbonyl (C=O) groups excluding carboxylic acids is 1. The number of halogens is 1. The van der Waals surface area contributed by atoms with Crippen molar-refractivity contribution >= 4 is 35.8 Å². The number of piperidine rings is 1. The largest absolute Gasteiger partial charge is 0.469 e. The summed E-state index contributed by atoms with van der Waals surface area (Å²) in [5.74, 6) is 3.75. The molecule has 7 nitrogen and oxygen atoms in total. The molecule has 168 valence electrons. The van der Waals surface area contributed by atoms with E-state index in [0.717, 1.165) is 62.5 Å². The summed E-state index contributed by atoms with van der Waals surface area (Å²) in [6.07, 6.45) is 10.0. The molecular formula is C22H36IN5O2. The van der Waals surface area contributed by atoms with E-state index in [9.17, 15) is 4.79 Å². The minimum atomic E-state index is 0. The van der Waals surface area contributed by atoms with E-state index in [0.29, 0.717) is 18.6 Å². The van der Waals surface area contributed by atoms with Crippen LogP contribution in [-0.2, 0) is 11.2 Å². The maximum Gasteiger partial charge on any atom is 0.233 e.